The molecule has 1 aliphatic rings. The molecule has 0 atom stereocenters. The molecule has 0 fully saturated rings. The minimum Gasteiger partial charge on any atom is -0.194 e. The molecule has 2 nitrogen and oxygen atoms in total. The molecule has 0 aromatic carbocycles. The van der Waals surface area contributed by atoms with Crippen molar-refractivity contribution in [3.8, 4) is 0 Å². The van der Waals surface area contributed by atoms with E-state index in [0.29, 0.717) is 0 Å². The number of hydrogen-bond donors (Lipinski definition) is 0. The van der Waals surface area contributed by atoms with E-state index in [1.165, 1.54) is 38.5 Å². The molecule has 1 aliphatic heterocycles. The van der Waals surface area contributed by atoms with E-state index in [1.54, 1.807) is 0 Å². The van der Waals surface area contributed by atoms with E-state index in [4.69, 9.17) is 0 Å². The summed E-state index contributed by atoms with van der Waals surface area (Å²) in [4.78, 5) is 0. The highest BCUT2D eigenvalue weighted by molar-refractivity contribution is 4.51. The predicted octanol–water partition coefficient (Wildman–Crippen LogP) is 2.79. The zero-order valence-electron chi connectivity index (χ0n) is 6.55. The van der Waals surface area contributed by atoms with Crippen molar-refractivity contribution in [3.63, 3.8) is 0 Å². The first-order valence-corrected chi connectivity index (χ1v) is 4.33. The third kappa shape index (κ3) is 3.59. The van der Waals surface area contributed by atoms with Crippen LogP contribution in [-0.4, -0.2) is 13.1 Å². The lowest BCUT2D eigenvalue weighted by molar-refractivity contribution is 0.573. The van der Waals surface area contributed by atoms with Gasteiger partial charge in [-0.1, -0.05) is 25.7 Å². The summed E-state index contributed by atoms with van der Waals surface area (Å²) < 4.78 is 0. The third-order valence-electron chi connectivity index (χ3n) is 1.87. The third-order valence-corrected chi connectivity index (χ3v) is 1.87. The lowest BCUT2D eigenvalue weighted by Crippen LogP contribution is -1.88. The normalized spacial score (nSPS) is 25.6. The van der Waals surface area contributed by atoms with Gasteiger partial charge in [0.25, 0.3) is 0 Å². The smallest absolute Gasteiger partial charge is 0.0598 e. The predicted molar refractivity (Wildman–Crippen MR) is 42.3 cm³/mol. The molecule has 0 unspecified atom stereocenters. The highest BCUT2D eigenvalue weighted by Gasteiger charge is 1.92. The number of nitrogens with zero attached hydrogens (tertiary/aromatic N) is 2. The van der Waals surface area contributed by atoms with Crippen molar-refractivity contribution in [3.05, 3.63) is 0 Å². The van der Waals surface area contributed by atoms with Gasteiger partial charge in [-0.05, 0) is 12.8 Å². The Morgan fingerprint density at radius 3 is 1.40 bits per heavy atom. The van der Waals surface area contributed by atoms with Crippen LogP contribution in [0.3, 0.4) is 0 Å². The molecule has 58 valence electrons. The molecule has 0 aromatic heterocycles. The van der Waals surface area contributed by atoms with E-state index in [9.17, 15) is 0 Å². The standard InChI is InChI=1S/C8H16N2/c1-2-4-6-8-10-9-7-5-3-1/h1-8H2/b10-9-. The second-order valence-corrected chi connectivity index (χ2v) is 2.85. The first-order chi connectivity index (χ1) is 5.00. The topological polar surface area (TPSA) is 24.7 Å². The Balaban J connectivity index is 2.13. The van der Waals surface area contributed by atoms with E-state index < -0.39 is 0 Å². The number of azo groups is 1. The fourth-order valence-corrected chi connectivity index (χ4v) is 1.21. The Kier molecular flexibility index (Phi) is 4.15. The minimum atomic E-state index is 0.958. The molecule has 2 heteroatoms. The van der Waals surface area contributed by atoms with Crippen molar-refractivity contribution >= 4 is 0 Å². The van der Waals surface area contributed by atoms with Crippen LogP contribution in [0.25, 0.3) is 0 Å². The van der Waals surface area contributed by atoms with E-state index >= 15 is 0 Å². The Labute approximate surface area is 62.7 Å². The monoisotopic (exact) mass is 140 g/mol. The van der Waals surface area contributed by atoms with Crippen molar-refractivity contribution in [2.75, 3.05) is 13.1 Å². The Morgan fingerprint density at radius 1 is 0.500 bits per heavy atom. The molecule has 0 saturated heterocycles. The van der Waals surface area contributed by atoms with Crippen molar-refractivity contribution in [1.29, 1.82) is 0 Å². The lowest BCUT2D eigenvalue weighted by Gasteiger charge is -2.00. The van der Waals surface area contributed by atoms with Gasteiger partial charge < -0.3 is 0 Å². The van der Waals surface area contributed by atoms with E-state index in [2.05, 4.69) is 10.2 Å². The molecule has 0 bridgehead atoms. The quantitative estimate of drug-likeness (QED) is 0.494. The lowest BCUT2D eigenvalue weighted by atomic mass is 10.1. The summed E-state index contributed by atoms with van der Waals surface area (Å²) in [6, 6.07) is 0. The van der Waals surface area contributed by atoms with Gasteiger partial charge in [0, 0.05) is 0 Å². The molecule has 0 amide bonds. The molecule has 0 saturated carbocycles. The van der Waals surface area contributed by atoms with Gasteiger partial charge in [0.2, 0.25) is 0 Å². The van der Waals surface area contributed by atoms with Gasteiger partial charge in [0.15, 0.2) is 0 Å². The molecule has 1 heterocycles. The molecular weight excluding hydrogens is 124 g/mol. The highest BCUT2D eigenvalue weighted by Crippen LogP contribution is 2.07. The summed E-state index contributed by atoms with van der Waals surface area (Å²) >= 11 is 0. The fourth-order valence-electron chi connectivity index (χ4n) is 1.21. The van der Waals surface area contributed by atoms with Crippen LogP contribution in [0.2, 0.25) is 0 Å². The molecule has 0 spiro atoms. The molecule has 0 aliphatic carbocycles. The summed E-state index contributed by atoms with van der Waals surface area (Å²) in [6.45, 7) is 1.92. The first-order valence-electron chi connectivity index (χ1n) is 4.33. The van der Waals surface area contributed by atoms with Gasteiger partial charge in [0.1, 0.15) is 0 Å². The van der Waals surface area contributed by atoms with Gasteiger partial charge in [0.05, 0.1) is 13.1 Å². The van der Waals surface area contributed by atoms with Crippen molar-refractivity contribution < 1.29 is 0 Å². The maximum atomic E-state index is 4.06. The highest BCUT2D eigenvalue weighted by atomic mass is 15.1. The largest absolute Gasteiger partial charge is 0.194 e. The minimum absolute atomic E-state index is 0.958. The Morgan fingerprint density at radius 2 is 0.900 bits per heavy atom. The molecule has 0 radical (unpaired) electrons. The van der Waals surface area contributed by atoms with Gasteiger partial charge >= 0.3 is 0 Å². The molecule has 10 heavy (non-hydrogen) atoms. The van der Waals surface area contributed by atoms with E-state index in [-0.39, 0.29) is 0 Å². The van der Waals surface area contributed by atoms with E-state index in [0.717, 1.165) is 13.1 Å². The molecule has 0 aromatic rings. The van der Waals surface area contributed by atoms with Crippen LogP contribution in [0.15, 0.2) is 10.2 Å². The van der Waals surface area contributed by atoms with Crippen LogP contribution in [0.5, 0.6) is 0 Å². The van der Waals surface area contributed by atoms with Crippen LogP contribution >= 0.6 is 0 Å². The van der Waals surface area contributed by atoms with Crippen molar-refractivity contribution in [2.24, 2.45) is 10.2 Å². The second-order valence-electron chi connectivity index (χ2n) is 2.85. The van der Waals surface area contributed by atoms with Crippen molar-refractivity contribution in [2.45, 2.75) is 38.5 Å². The average Bonchev–Trinajstić information content (AvgIpc) is 2.01. The van der Waals surface area contributed by atoms with Crippen LogP contribution < -0.4 is 0 Å². The van der Waals surface area contributed by atoms with Crippen LogP contribution in [0.4, 0.5) is 0 Å². The van der Waals surface area contributed by atoms with Gasteiger partial charge in [-0.3, -0.25) is 0 Å². The van der Waals surface area contributed by atoms with Gasteiger partial charge in [-0.15, -0.1) is 0 Å². The first kappa shape index (κ1) is 7.70. The Hall–Kier alpha value is -0.400. The fraction of sp³-hybridized carbons (Fsp3) is 1.00. The van der Waals surface area contributed by atoms with Crippen LogP contribution in [-0.2, 0) is 0 Å². The summed E-state index contributed by atoms with van der Waals surface area (Å²) in [5, 5.41) is 8.12. The zero-order valence-corrected chi connectivity index (χ0v) is 6.55. The SMILES string of the molecule is C1CCCC/N=N\CCC1. The summed E-state index contributed by atoms with van der Waals surface area (Å²) in [6.07, 6.45) is 7.97. The second kappa shape index (κ2) is 5.39. The maximum Gasteiger partial charge on any atom is 0.0598 e. The molecular formula is C8H16N2. The molecule has 0 N–H and O–H groups in total. The summed E-state index contributed by atoms with van der Waals surface area (Å²) in [5.74, 6) is 0. The summed E-state index contributed by atoms with van der Waals surface area (Å²) in [5.41, 5.74) is 0. The summed E-state index contributed by atoms with van der Waals surface area (Å²) in [7, 11) is 0. The zero-order chi connectivity index (χ0) is 7.07. The van der Waals surface area contributed by atoms with Crippen LogP contribution in [0, 0.1) is 0 Å². The number of rotatable bonds is 0. The average molecular weight is 140 g/mol. The van der Waals surface area contributed by atoms with E-state index in [1.807, 2.05) is 0 Å². The van der Waals surface area contributed by atoms with Gasteiger partial charge in [-0.25, -0.2) is 0 Å². The molecule has 1 rings (SSSR count). The Bertz CT molecular complexity index is 87.4. The van der Waals surface area contributed by atoms with Crippen LogP contribution in [0.1, 0.15) is 38.5 Å². The maximum absolute atomic E-state index is 4.06. The van der Waals surface area contributed by atoms with Gasteiger partial charge in [-0.2, -0.15) is 10.2 Å². The van der Waals surface area contributed by atoms with Crippen molar-refractivity contribution in [1.82, 2.24) is 0 Å². The number of hydrogen-bond acceptors (Lipinski definition) is 2.